The van der Waals surface area contributed by atoms with Crippen molar-refractivity contribution in [2.45, 2.75) is 0 Å². The molecule has 0 N–H and O–H groups in total. The maximum atomic E-state index is 6.96. The summed E-state index contributed by atoms with van der Waals surface area (Å²) in [4.78, 5) is 3.37. The molecule has 2 heterocycles. The Kier molecular flexibility index (Phi) is 2.14. The second-order valence-corrected chi connectivity index (χ2v) is 3.52. The van der Waals surface area contributed by atoms with Crippen molar-refractivity contribution in [1.29, 1.82) is 0 Å². The molecule has 0 aliphatic rings. The summed E-state index contributed by atoms with van der Waals surface area (Å²) in [6.07, 6.45) is 3.27. The van der Waals surface area contributed by atoms with E-state index in [-0.39, 0.29) is 0 Å². The second-order valence-electron chi connectivity index (χ2n) is 2.66. The highest BCUT2D eigenvalue weighted by Gasteiger charge is 2.08. The van der Waals surface area contributed by atoms with Crippen LogP contribution in [0.1, 0.15) is 0 Å². The topological polar surface area (TPSA) is 30.9 Å². The lowest BCUT2D eigenvalue weighted by molar-refractivity contribution is 0.411. The lowest BCUT2D eigenvalue weighted by Gasteiger charge is -2.02. The molecule has 0 spiro atoms. The zero-order chi connectivity index (χ0) is 10.1. The van der Waals surface area contributed by atoms with Gasteiger partial charge in [0.25, 0.3) is 0 Å². The number of methoxy groups -OCH3 is 1. The van der Waals surface area contributed by atoms with Crippen LogP contribution in [0.25, 0.3) is 10.4 Å². The van der Waals surface area contributed by atoms with Crippen molar-refractivity contribution < 1.29 is 4.74 Å². The van der Waals surface area contributed by atoms with Crippen LogP contribution in [0.3, 0.4) is 0 Å². The Hall–Kier alpha value is -1.54. The van der Waals surface area contributed by atoms with E-state index in [9.17, 15) is 0 Å². The van der Waals surface area contributed by atoms with Gasteiger partial charge in [-0.1, -0.05) is 0 Å². The largest absolute Gasteiger partial charge is 0.495 e. The van der Waals surface area contributed by atoms with Crippen LogP contribution >= 0.6 is 15.9 Å². The SMILES string of the molecule is [C-]#[N+]c1cnn2cc(OC)cc(Br)c12. The minimum absolute atomic E-state index is 0.527. The molecular weight excluding hydrogens is 246 g/mol. The smallest absolute Gasteiger partial charge is 0.233 e. The zero-order valence-corrected chi connectivity index (χ0v) is 8.95. The normalized spacial score (nSPS) is 10.1. The molecule has 2 rings (SSSR count). The Morgan fingerprint density at radius 3 is 3.07 bits per heavy atom. The van der Waals surface area contributed by atoms with Gasteiger partial charge < -0.3 is 4.74 Å². The molecule has 0 bridgehead atoms. The highest BCUT2D eigenvalue weighted by Crippen LogP contribution is 2.30. The molecule has 5 heteroatoms. The number of hydrogen-bond acceptors (Lipinski definition) is 2. The Balaban J connectivity index is 2.80. The van der Waals surface area contributed by atoms with Crippen LogP contribution < -0.4 is 4.74 Å². The van der Waals surface area contributed by atoms with Crippen LogP contribution in [-0.2, 0) is 0 Å². The number of aromatic nitrogens is 2. The third-order valence-electron chi connectivity index (χ3n) is 1.88. The summed E-state index contributed by atoms with van der Waals surface area (Å²) in [6, 6.07) is 1.81. The van der Waals surface area contributed by atoms with Gasteiger partial charge >= 0.3 is 0 Å². The van der Waals surface area contributed by atoms with Crippen LogP contribution in [-0.4, -0.2) is 16.7 Å². The van der Waals surface area contributed by atoms with E-state index >= 15 is 0 Å². The summed E-state index contributed by atoms with van der Waals surface area (Å²) in [5.74, 6) is 0.698. The summed E-state index contributed by atoms with van der Waals surface area (Å²) in [6.45, 7) is 6.96. The number of nitrogens with zero attached hydrogens (tertiary/aromatic N) is 3. The minimum Gasteiger partial charge on any atom is -0.495 e. The average molecular weight is 252 g/mol. The van der Waals surface area contributed by atoms with Gasteiger partial charge in [0.15, 0.2) is 0 Å². The van der Waals surface area contributed by atoms with Crippen LogP contribution in [0.2, 0.25) is 0 Å². The molecule has 0 aliphatic carbocycles. The fourth-order valence-electron chi connectivity index (χ4n) is 1.23. The molecule has 0 fully saturated rings. The van der Waals surface area contributed by atoms with Crippen molar-refractivity contribution in [2.24, 2.45) is 0 Å². The van der Waals surface area contributed by atoms with Crippen molar-refractivity contribution in [3.63, 3.8) is 0 Å². The monoisotopic (exact) mass is 251 g/mol. The van der Waals surface area contributed by atoms with E-state index in [2.05, 4.69) is 25.9 Å². The first-order valence-corrected chi connectivity index (χ1v) is 4.64. The van der Waals surface area contributed by atoms with Gasteiger partial charge in [-0.25, -0.2) is 9.36 Å². The first-order valence-electron chi connectivity index (χ1n) is 3.84. The molecule has 0 amide bonds. The Labute approximate surface area is 89.1 Å². The number of hydrogen-bond donors (Lipinski definition) is 0. The first kappa shape index (κ1) is 9.03. The van der Waals surface area contributed by atoms with E-state index < -0.39 is 0 Å². The van der Waals surface area contributed by atoms with Gasteiger partial charge in [0, 0.05) is 4.47 Å². The maximum absolute atomic E-state index is 6.96. The van der Waals surface area contributed by atoms with Crippen molar-refractivity contribution in [3.8, 4) is 5.75 Å². The van der Waals surface area contributed by atoms with Crippen LogP contribution in [0.5, 0.6) is 5.75 Å². The summed E-state index contributed by atoms with van der Waals surface area (Å²) in [5.41, 5.74) is 1.29. The van der Waals surface area contributed by atoms with Gasteiger partial charge in [-0.2, -0.15) is 5.10 Å². The summed E-state index contributed by atoms with van der Waals surface area (Å²) >= 11 is 3.38. The lowest BCUT2D eigenvalue weighted by Crippen LogP contribution is -1.90. The quantitative estimate of drug-likeness (QED) is 0.730. The molecule has 0 radical (unpaired) electrons. The summed E-state index contributed by atoms with van der Waals surface area (Å²) < 4.78 is 7.50. The minimum atomic E-state index is 0.527. The highest BCUT2D eigenvalue weighted by molar-refractivity contribution is 9.10. The molecule has 0 saturated heterocycles. The van der Waals surface area contributed by atoms with E-state index in [0.29, 0.717) is 11.4 Å². The van der Waals surface area contributed by atoms with Crippen molar-refractivity contribution >= 4 is 27.1 Å². The molecule has 0 aromatic carbocycles. The molecule has 0 atom stereocenters. The van der Waals surface area contributed by atoms with Gasteiger partial charge in [0.05, 0.1) is 31.6 Å². The van der Waals surface area contributed by atoms with Gasteiger partial charge in [0.1, 0.15) is 5.75 Å². The van der Waals surface area contributed by atoms with Crippen molar-refractivity contribution in [1.82, 2.24) is 9.61 Å². The molecule has 14 heavy (non-hydrogen) atoms. The lowest BCUT2D eigenvalue weighted by atomic mass is 10.3. The third-order valence-corrected chi connectivity index (χ3v) is 2.48. The molecule has 70 valence electrons. The molecule has 2 aromatic heterocycles. The molecule has 0 saturated carbocycles. The number of pyridine rings is 1. The van der Waals surface area contributed by atoms with E-state index in [0.717, 1.165) is 9.99 Å². The van der Waals surface area contributed by atoms with Gasteiger partial charge in [0.2, 0.25) is 5.69 Å². The fraction of sp³-hybridized carbons (Fsp3) is 0.111. The highest BCUT2D eigenvalue weighted by atomic mass is 79.9. The molecule has 0 aliphatic heterocycles. The van der Waals surface area contributed by atoms with Crippen LogP contribution in [0, 0.1) is 6.57 Å². The van der Waals surface area contributed by atoms with E-state index in [1.165, 1.54) is 6.20 Å². The second kappa shape index (κ2) is 3.31. The number of rotatable bonds is 1. The van der Waals surface area contributed by atoms with Crippen molar-refractivity contribution in [3.05, 3.63) is 34.3 Å². The number of halogens is 1. The van der Waals surface area contributed by atoms with Crippen LogP contribution in [0.4, 0.5) is 5.69 Å². The molecule has 2 aromatic rings. The maximum Gasteiger partial charge on any atom is 0.233 e. The molecular formula is C9H6BrN3O. The fourth-order valence-corrected chi connectivity index (χ4v) is 1.84. The predicted molar refractivity (Wildman–Crippen MR) is 55.7 cm³/mol. The van der Waals surface area contributed by atoms with Gasteiger partial charge in [-0.3, -0.25) is 0 Å². The molecule has 4 nitrogen and oxygen atoms in total. The van der Waals surface area contributed by atoms with Gasteiger partial charge in [-0.05, 0) is 22.0 Å². The number of ether oxygens (including phenoxy) is 1. The third kappa shape index (κ3) is 1.24. The van der Waals surface area contributed by atoms with E-state index in [1.807, 2.05) is 6.07 Å². The predicted octanol–water partition coefficient (Wildman–Crippen LogP) is 2.66. The Morgan fingerprint density at radius 1 is 1.64 bits per heavy atom. The van der Waals surface area contributed by atoms with Crippen LogP contribution in [0.15, 0.2) is 22.9 Å². The zero-order valence-electron chi connectivity index (χ0n) is 7.36. The number of fused-ring (bicyclic) bond motifs is 1. The molecule has 0 unspecified atom stereocenters. The first-order chi connectivity index (χ1) is 6.76. The standard InChI is InChI=1S/C9H6BrN3O/c1-11-8-4-12-13-5-6(14-2)3-7(10)9(8)13/h3-5H,2H3. The van der Waals surface area contributed by atoms with Crippen molar-refractivity contribution in [2.75, 3.05) is 7.11 Å². The summed E-state index contributed by atoms with van der Waals surface area (Å²) in [7, 11) is 1.59. The van der Waals surface area contributed by atoms with E-state index in [1.54, 1.807) is 17.8 Å². The summed E-state index contributed by atoms with van der Waals surface area (Å²) in [5, 5.41) is 4.05. The average Bonchev–Trinajstić information content (AvgIpc) is 2.61. The Bertz CT molecular complexity index is 527. The Morgan fingerprint density at radius 2 is 2.43 bits per heavy atom. The van der Waals surface area contributed by atoms with E-state index in [4.69, 9.17) is 11.3 Å². The van der Waals surface area contributed by atoms with Gasteiger partial charge in [-0.15, -0.1) is 0 Å².